The summed E-state index contributed by atoms with van der Waals surface area (Å²) in [6.07, 6.45) is 0.438. The van der Waals surface area contributed by atoms with Crippen molar-refractivity contribution in [2.45, 2.75) is 52.5 Å². The minimum atomic E-state index is -1.86. The molecule has 2 aliphatic heterocycles. The van der Waals surface area contributed by atoms with Gasteiger partial charge in [0.1, 0.15) is 5.60 Å². The van der Waals surface area contributed by atoms with Gasteiger partial charge in [-0.05, 0) is 27.2 Å². The van der Waals surface area contributed by atoms with E-state index >= 15 is 0 Å². The van der Waals surface area contributed by atoms with Gasteiger partial charge in [0.05, 0.1) is 12.1 Å². The minimum absolute atomic E-state index is 0.00253. The first kappa shape index (κ1) is 26.1. The molecule has 2 unspecified atom stereocenters. The SMILES string of the molecule is CC(C)(C)OC(=O)N1CC2CC1CN2c1nc(-c2ccc(C(Cl)(Cl)Cl)cc2)nc(C(Cl)(Cl)Cl)n1. The smallest absolute Gasteiger partial charge is 0.410 e. The molecule has 13 heteroatoms. The van der Waals surface area contributed by atoms with Crippen molar-refractivity contribution in [3.8, 4) is 11.4 Å². The number of fused-ring (bicyclic) bond motifs is 2. The second kappa shape index (κ2) is 9.16. The maximum absolute atomic E-state index is 12.6. The number of aromatic nitrogens is 3. The number of nitrogens with zero attached hydrogens (tertiary/aromatic N) is 5. The number of hydrogen-bond acceptors (Lipinski definition) is 6. The summed E-state index contributed by atoms with van der Waals surface area (Å²) in [7, 11) is 0. The molecule has 0 aliphatic carbocycles. The van der Waals surface area contributed by atoms with E-state index in [0.29, 0.717) is 36.0 Å². The fraction of sp³-hybridized carbons (Fsp3) is 0.524. The molecule has 2 fully saturated rings. The quantitative estimate of drug-likeness (QED) is 0.379. The molecule has 2 saturated heterocycles. The third-order valence-electron chi connectivity index (χ3n) is 5.47. The molecule has 0 spiro atoms. The number of likely N-dealkylation sites (tertiary alicyclic amines) is 1. The van der Waals surface area contributed by atoms with Crippen molar-refractivity contribution in [2.24, 2.45) is 0 Å². The topological polar surface area (TPSA) is 71.5 Å². The summed E-state index contributed by atoms with van der Waals surface area (Å²) in [5.41, 5.74) is 0.570. The van der Waals surface area contributed by atoms with Gasteiger partial charge in [-0.1, -0.05) is 93.9 Å². The highest BCUT2D eigenvalue weighted by atomic mass is 35.6. The fourth-order valence-electron chi connectivity index (χ4n) is 4.01. The van der Waals surface area contributed by atoms with Crippen molar-refractivity contribution in [3.63, 3.8) is 0 Å². The van der Waals surface area contributed by atoms with E-state index in [4.69, 9.17) is 74.3 Å². The first-order valence-corrected chi connectivity index (χ1v) is 12.7. The van der Waals surface area contributed by atoms with Crippen LogP contribution in [0.1, 0.15) is 38.6 Å². The van der Waals surface area contributed by atoms with Crippen LogP contribution >= 0.6 is 69.6 Å². The van der Waals surface area contributed by atoms with E-state index in [1.54, 1.807) is 29.2 Å². The van der Waals surface area contributed by atoms with Crippen molar-refractivity contribution in [1.29, 1.82) is 0 Å². The molecule has 7 nitrogen and oxygen atoms in total. The number of piperazine rings is 1. The van der Waals surface area contributed by atoms with Crippen LogP contribution in [0, 0.1) is 0 Å². The lowest BCUT2D eigenvalue weighted by atomic mass is 10.1. The Kier molecular flexibility index (Phi) is 7.04. The molecule has 184 valence electrons. The highest BCUT2D eigenvalue weighted by Gasteiger charge is 2.48. The number of alkyl halides is 6. The Hall–Kier alpha value is -0.960. The van der Waals surface area contributed by atoms with Gasteiger partial charge in [0, 0.05) is 24.2 Å². The number of ether oxygens (including phenoxy) is 1. The molecule has 1 amide bonds. The Morgan fingerprint density at radius 3 is 2.06 bits per heavy atom. The highest BCUT2D eigenvalue weighted by Crippen LogP contribution is 2.41. The van der Waals surface area contributed by atoms with Crippen LogP contribution < -0.4 is 4.90 Å². The van der Waals surface area contributed by atoms with Gasteiger partial charge in [-0.2, -0.15) is 9.97 Å². The summed E-state index contributed by atoms with van der Waals surface area (Å²) in [4.78, 5) is 29.8. The van der Waals surface area contributed by atoms with E-state index in [2.05, 4.69) is 15.0 Å². The van der Waals surface area contributed by atoms with E-state index in [0.717, 1.165) is 6.42 Å². The lowest BCUT2D eigenvalue weighted by Gasteiger charge is -2.35. The van der Waals surface area contributed by atoms with Crippen LogP contribution in [-0.4, -0.2) is 56.7 Å². The third kappa shape index (κ3) is 5.71. The van der Waals surface area contributed by atoms with Gasteiger partial charge in [-0.15, -0.1) is 0 Å². The molecule has 34 heavy (non-hydrogen) atoms. The first-order valence-electron chi connectivity index (χ1n) is 10.4. The van der Waals surface area contributed by atoms with Crippen molar-refractivity contribution in [3.05, 3.63) is 35.7 Å². The maximum atomic E-state index is 12.6. The molecule has 3 heterocycles. The third-order valence-corrected chi connectivity index (χ3v) is 6.63. The monoisotopic (exact) mass is 585 g/mol. The molecule has 0 N–H and O–H groups in total. The Labute approximate surface area is 227 Å². The molecule has 4 rings (SSSR count). The molecule has 2 aromatic rings. The van der Waals surface area contributed by atoms with Crippen LogP contribution in [0.3, 0.4) is 0 Å². The summed E-state index contributed by atoms with van der Waals surface area (Å²) < 4.78 is 2.13. The molecule has 0 saturated carbocycles. The Morgan fingerprint density at radius 1 is 0.912 bits per heavy atom. The Morgan fingerprint density at radius 2 is 1.56 bits per heavy atom. The van der Waals surface area contributed by atoms with Crippen LogP contribution in [0.15, 0.2) is 24.3 Å². The molecule has 0 radical (unpaired) electrons. The molecule has 1 aromatic carbocycles. The molecular weight excluding hydrogens is 567 g/mol. The van der Waals surface area contributed by atoms with E-state index < -0.39 is 13.2 Å². The van der Waals surface area contributed by atoms with Crippen molar-refractivity contribution < 1.29 is 9.53 Å². The number of carbonyl (C=O) groups excluding carboxylic acids is 1. The van der Waals surface area contributed by atoms with E-state index in [-0.39, 0.29) is 24.0 Å². The van der Waals surface area contributed by atoms with Gasteiger partial charge < -0.3 is 14.5 Å². The van der Waals surface area contributed by atoms with Crippen LogP contribution in [0.4, 0.5) is 10.7 Å². The lowest BCUT2D eigenvalue weighted by molar-refractivity contribution is 0.0214. The van der Waals surface area contributed by atoms with Crippen LogP contribution in [-0.2, 0) is 12.3 Å². The van der Waals surface area contributed by atoms with Crippen LogP contribution in [0.25, 0.3) is 11.4 Å². The zero-order valence-corrected chi connectivity index (χ0v) is 22.9. The number of hydrogen-bond donors (Lipinski definition) is 0. The van der Waals surface area contributed by atoms with E-state index in [1.165, 1.54) is 0 Å². The second-order valence-electron chi connectivity index (χ2n) is 9.18. The standard InChI is InChI=1S/C21H21Cl6N5O2/c1-19(2,3)34-18(33)32-10-13-8-14(32)9-31(13)17-29-15(28-16(30-17)21(25,26)27)11-4-6-12(7-5-11)20(22,23)24/h4-7,13-14H,8-10H2,1-3H3. The van der Waals surface area contributed by atoms with Gasteiger partial charge >= 0.3 is 6.09 Å². The van der Waals surface area contributed by atoms with E-state index in [9.17, 15) is 4.79 Å². The van der Waals surface area contributed by atoms with Gasteiger partial charge in [-0.3, -0.25) is 0 Å². The summed E-state index contributed by atoms with van der Waals surface area (Å²) in [6, 6.07) is 6.74. The summed E-state index contributed by atoms with van der Waals surface area (Å²) in [5.74, 6) is 0.678. The second-order valence-corrected chi connectivity index (χ2v) is 13.7. The average molecular weight is 588 g/mol. The molecular formula is C21H21Cl6N5O2. The Balaban J connectivity index is 1.62. The van der Waals surface area contributed by atoms with Gasteiger partial charge in [-0.25, -0.2) is 9.78 Å². The number of benzene rings is 1. The largest absolute Gasteiger partial charge is 0.444 e. The number of anilines is 1. The molecule has 2 aliphatic rings. The predicted molar refractivity (Wildman–Crippen MR) is 136 cm³/mol. The van der Waals surface area contributed by atoms with Crippen molar-refractivity contribution in [2.75, 3.05) is 18.0 Å². The molecule has 1 aromatic heterocycles. The van der Waals surface area contributed by atoms with Crippen LogP contribution in [0.5, 0.6) is 0 Å². The van der Waals surface area contributed by atoms with E-state index in [1.807, 2.05) is 25.7 Å². The van der Waals surface area contributed by atoms with Crippen molar-refractivity contribution in [1.82, 2.24) is 19.9 Å². The maximum Gasteiger partial charge on any atom is 0.410 e. The first-order chi connectivity index (χ1) is 15.6. The van der Waals surface area contributed by atoms with Gasteiger partial charge in [0.25, 0.3) is 0 Å². The number of carbonyl (C=O) groups is 1. The molecule has 2 bridgehead atoms. The Bertz CT molecular complexity index is 1080. The zero-order chi connectivity index (χ0) is 25.1. The van der Waals surface area contributed by atoms with Crippen LogP contribution in [0.2, 0.25) is 0 Å². The summed E-state index contributed by atoms with van der Waals surface area (Å²) in [5, 5.41) is 0. The van der Waals surface area contributed by atoms with Crippen molar-refractivity contribution >= 4 is 81.6 Å². The van der Waals surface area contributed by atoms with Gasteiger partial charge in [0.15, 0.2) is 11.6 Å². The highest BCUT2D eigenvalue weighted by molar-refractivity contribution is 6.67. The lowest BCUT2D eigenvalue weighted by Crippen LogP contribution is -2.50. The summed E-state index contributed by atoms with van der Waals surface area (Å²) in [6.45, 7) is 6.54. The minimum Gasteiger partial charge on any atom is -0.444 e. The average Bonchev–Trinajstić information content (AvgIpc) is 3.32. The van der Waals surface area contributed by atoms with Gasteiger partial charge in [0.2, 0.25) is 13.5 Å². The normalized spacial score (nSPS) is 20.7. The fourth-order valence-corrected chi connectivity index (χ4v) is 4.64. The number of rotatable bonds is 2. The summed E-state index contributed by atoms with van der Waals surface area (Å²) >= 11 is 36.2. The molecule has 2 atom stereocenters. The number of amides is 1. The zero-order valence-electron chi connectivity index (χ0n) is 18.4. The number of halogens is 6. The predicted octanol–water partition coefficient (Wildman–Crippen LogP) is 6.39.